The van der Waals surface area contributed by atoms with Gasteiger partial charge in [0.15, 0.2) is 0 Å². The lowest BCUT2D eigenvalue weighted by atomic mass is 9.94. The summed E-state index contributed by atoms with van der Waals surface area (Å²) >= 11 is 0. The number of ether oxygens (including phenoxy) is 2. The average molecular weight is 520 g/mol. The summed E-state index contributed by atoms with van der Waals surface area (Å²) in [5, 5.41) is 5.52. The maximum atomic E-state index is 14.0. The number of rotatable bonds is 12. The van der Waals surface area contributed by atoms with Gasteiger partial charge in [0.25, 0.3) is 0 Å². The van der Waals surface area contributed by atoms with E-state index < -0.39 is 35.7 Å². The molecule has 1 rings (SSSR count). The smallest absolute Gasteiger partial charge is 0.408 e. The molecule has 0 bridgehead atoms. The molecule has 0 saturated carbocycles. The van der Waals surface area contributed by atoms with Gasteiger partial charge in [0.2, 0.25) is 11.8 Å². The van der Waals surface area contributed by atoms with Gasteiger partial charge in [-0.15, -0.1) is 0 Å². The van der Waals surface area contributed by atoms with Crippen LogP contribution >= 0.6 is 0 Å². The SMILES string of the molecule is CCCN(C(=O)C(NC(=O)OC(C)(C)C)C(C)C)C(C(=O)NCCC(=O)OCC)c1cccc(C)c1C. The van der Waals surface area contributed by atoms with Crippen molar-refractivity contribution in [1.82, 2.24) is 15.5 Å². The monoisotopic (exact) mass is 519 g/mol. The van der Waals surface area contributed by atoms with Gasteiger partial charge in [-0.25, -0.2) is 4.79 Å². The highest BCUT2D eigenvalue weighted by atomic mass is 16.6. The molecule has 9 nitrogen and oxygen atoms in total. The average Bonchev–Trinajstić information content (AvgIpc) is 2.78. The third-order valence-electron chi connectivity index (χ3n) is 5.79. The quantitative estimate of drug-likeness (QED) is 0.400. The van der Waals surface area contributed by atoms with Crippen LogP contribution in [0.15, 0.2) is 18.2 Å². The van der Waals surface area contributed by atoms with E-state index in [2.05, 4.69) is 10.6 Å². The minimum Gasteiger partial charge on any atom is -0.466 e. The summed E-state index contributed by atoms with van der Waals surface area (Å²) in [4.78, 5) is 53.4. The standard InChI is InChI=1S/C28H45N3O6/c1-10-17-31(26(34)23(18(3)4)30-27(35)37-28(7,8)9)24(21-14-12-13-19(5)20(21)6)25(33)29-16-15-22(32)36-11-2/h12-14,18,23-24H,10-11,15-17H2,1-9H3,(H,29,33)(H,30,35). The Kier molecular flexibility index (Phi) is 12.6. The van der Waals surface area contributed by atoms with Crippen LogP contribution in [-0.4, -0.2) is 60.1 Å². The van der Waals surface area contributed by atoms with Crippen molar-refractivity contribution in [3.8, 4) is 0 Å². The van der Waals surface area contributed by atoms with E-state index in [9.17, 15) is 19.2 Å². The molecule has 208 valence electrons. The molecule has 2 unspecified atom stereocenters. The Morgan fingerprint density at radius 3 is 2.24 bits per heavy atom. The summed E-state index contributed by atoms with van der Waals surface area (Å²) < 4.78 is 10.3. The van der Waals surface area contributed by atoms with Crippen LogP contribution < -0.4 is 10.6 Å². The lowest BCUT2D eigenvalue weighted by Crippen LogP contribution is -2.55. The Bertz CT molecular complexity index is 938. The fourth-order valence-electron chi connectivity index (χ4n) is 3.87. The number of hydrogen-bond acceptors (Lipinski definition) is 6. The Balaban J connectivity index is 3.40. The summed E-state index contributed by atoms with van der Waals surface area (Å²) in [5.41, 5.74) is 1.84. The van der Waals surface area contributed by atoms with Gasteiger partial charge in [0.05, 0.1) is 13.0 Å². The zero-order valence-electron chi connectivity index (χ0n) is 23.9. The Labute approximate surface area is 221 Å². The molecule has 0 aliphatic rings. The maximum absolute atomic E-state index is 14.0. The molecule has 0 heterocycles. The van der Waals surface area contributed by atoms with Crippen LogP contribution in [0.3, 0.4) is 0 Å². The lowest BCUT2D eigenvalue weighted by molar-refractivity contribution is -0.144. The predicted octanol–water partition coefficient (Wildman–Crippen LogP) is 4.20. The first-order valence-corrected chi connectivity index (χ1v) is 13.0. The molecule has 3 amide bonds. The third kappa shape index (κ3) is 10.1. The first-order chi connectivity index (χ1) is 17.2. The number of benzene rings is 1. The summed E-state index contributed by atoms with van der Waals surface area (Å²) in [5.74, 6) is -1.45. The van der Waals surface area contributed by atoms with Crippen LogP contribution in [0.1, 0.15) is 84.0 Å². The van der Waals surface area contributed by atoms with Crippen molar-refractivity contribution in [1.29, 1.82) is 0 Å². The van der Waals surface area contributed by atoms with E-state index >= 15 is 0 Å². The van der Waals surface area contributed by atoms with E-state index in [1.165, 1.54) is 4.90 Å². The molecule has 1 aromatic carbocycles. The number of hydrogen-bond donors (Lipinski definition) is 2. The van der Waals surface area contributed by atoms with E-state index in [1.54, 1.807) is 27.7 Å². The van der Waals surface area contributed by atoms with Crippen LogP contribution in [0, 0.1) is 19.8 Å². The first kappa shape index (κ1) is 31.9. The first-order valence-electron chi connectivity index (χ1n) is 13.0. The summed E-state index contributed by atoms with van der Waals surface area (Å²) in [7, 11) is 0. The second-order valence-electron chi connectivity index (χ2n) is 10.4. The molecular weight excluding hydrogens is 474 g/mol. The zero-order chi connectivity index (χ0) is 28.3. The second kappa shape index (κ2) is 14.6. The van der Waals surface area contributed by atoms with Crippen LogP contribution in [0.4, 0.5) is 4.79 Å². The van der Waals surface area contributed by atoms with Crippen molar-refractivity contribution in [3.05, 3.63) is 34.9 Å². The van der Waals surface area contributed by atoms with Gasteiger partial charge in [-0.05, 0) is 70.6 Å². The number of carbonyl (C=O) groups excluding carboxylic acids is 4. The molecule has 2 N–H and O–H groups in total. The second-order valence-corrected chi connectivity index (χ2v) is 10.4. The Morgan fingerprint density at radius 2 is 1.70 bits per heavy atom. The number of aryl methyl sites for hydroxylation is 1. The van der Waals surface area contributed by atoms with Crippen LogP contribution in [0.2, 0.25) is 0 Å². The third-order valence-corrected chi connectivity index (χ3v) is 5.79. The van der Waals surface area contributed by atoms with Gasteiger partial charge >= 0.3 is 12.1 Å². The molecule has 1 aromatic rings. The molecule has 0 saturated heterocycles. The van der Waals surface area contributed by atoms with Gasteiger partial charge in [-0.2, -0.15) is 0 Å². The molecule has 0 fully saturated rings. The summed E-state index contributed by atoms with van der Waals surface area (Å²) in [6.45, 7) is 17.0. The summed E-state index contributed by atoms with van der Waals surface area (Å²) in [6, 6.07) is 3.78. The highest BCUT2D eigenvalue weighted by Gasteiger charge is 2.37. The molecule has 0 radical (unpaired) electrons. The molecule has 0 spiro atoms. The van der Waals surface area contributed by atoms with Gasteiger partial charge in [-0.1, -0.05) is 39.0 Å². The van der Waals surface area contributed by atoms with Crippen LogP contribution in [0.25, 0.3) is 0 Å². The number of nitrogens with zero attached hydrogens (tertiary/aromatic N) is 1. The molecule has 0 aromatic heterocycles. The minimum atomic E-state index is -0.948. The van der Waals surface area contributed by atoms with Crippen molar-refractivity contribution in [2.75, 3.05) is 19.7 Å². The fourth-order valence-corrected chi connectivity index (χ4v) is 3.87. The number of alkyl carbamates (subject to hydrolysis) is 1. The van der Waals surface area contributed by atoms with Crippen LogP contribution in [0.5, 0.6) is 0 Å². The van der Waals surface area contributed by atoms with E-state index in [4.69, 9.17) is 9.47 Å². The van der Waals surface area contributed by atoms with Crippen molar-refractivity contribution in [2.24, 2.45) is 5.92 Å². The topological polar surface area (TPSA) is 114 Å². The van der Waals surface area contributed by atoms with Gasteiger partial charge in [0.1, 0.15) is 17.7 Å². The number of esters is 1. The van der Waals surface area contributed by atoms with Crippen molar-refractivity contribution >= 4 is 23.9 Å². The highest BCUT2D eigenvalue weighted by molar-refractivity contribution is 5.92. The molecule has 37 heavy (non-hydrogen) atoms. The zero-order valence-corrected chi connectivity index (χ0v) is 23.9. The summed E-state index contributed by atoms with van der Waals surface area (Å²) in [6.07, 6.45) is -0.0750. The van der Waals surface area contributed by atoms with Crippen molar-refractivity contribution in [3.63, 3.8) is 0 Å². The number of carbonyl (C=O) groups is 4. The fraction of sp³-hybridized carbons (Fsp3) is 0.643. The number of nitrogens with one attached hydrogen (secondary N) is 2. The van der Waals surface area contributed by atoms with Crippen LogP contribution in [-0.2, 0) is 23.9 Å². The normalized spacial score (nSPS) is 12.9. The number of amides is 3. The predicted molar refractivity (Wildman–Crippen MR) is 143 cm³/mol. The molecule has 0 aliphatic heterocycles. The highest BCUT2D eigenvalue weighted by Crippen LogP contribution is 2.28. The molecule has 0 aliphatic carbocycles. The van der Waals surface area contributed by atoms with E-state index in [0.29, 0.717) is 18.5 Å². The minimum absolute atomic E-state index is 0.0235. The maximum Gasteiger partial charge on any atom is 0.408 e. The van der Waals surface area contributed by atoms with E-state index in [0.717, 1.165) is 11.1 Å². The van der Waals surface area contributed by atoms with E-state index in [-0.39, 0.29) is 31.4 Å². The molecular formula is C28H45N3O6. The van der Waals surface area contributed by atoms with E-state index in [1.807, 2.05) is 52.8 Å². The largest absolute Gasteiger partial charge is 0.466 e. The Hall–Kier alpha value is -3.10. The molecule has 9 heteroatoms. The van der Waals surface area contributed by atoms with Crippen molar-refractivity contribution in [2.45, 2.75) is 92.8 Å². The Morgan fingerprint density at radius 1 is 1.05 bits per heavy atom. The van der Waals surface area contributed by atoms with Gasteiger partial charge < -0.3 is 25.0 Å². The molecule has 2 atom stereocenters. The lowest BCUT2D eigenvalue weighted by Gasteiger charge is -2.36. The van der Waals surface area contributed by atoms with Gasteiger partial charge in [0, 0.05) is 13.1 Å². The van der Waals surface area contributed by atoms with Gasteiger partial charge in [-0.3, -0.25) is 14.4 Å². The van der Waals surface area contributed by atoms with Crippen molar-refractivity contribution < 1.29 is 28.7 Å².